The molecule has 3 atom stereocenters. The SMILES string of the molecule is C=CC(=O)N1[C@H](C)CN(c2nc(=O)n3c4c(c(-c5cc(Cl)c(F)cc5F)c(C(F)(F)F)cc24)SC[C@@H](c2cccnc2)C3)C[C@@H]1C. The van der Waals surface area contributed by atoms with Crippen LogP contribution in [-0.4, -0.2) is 56.3 Å². The topological polar surface area (TPSA) is 71.3 Å². The van der Waals surface area contributed by atoms with Crippen molar-refractivity contribution in [2.45, 2.75) is 49.5 Å². The lowest BCUT2D eigenvalue weighted by Crippen LogP contribution is -2.58. The minimum Gasteiger partial charge on any atom is -0.352 e. The molecule has 4 heterocycles. The maximum atomic E-state index is 15.4. The molecule has 6 rings (SSSR count). The molecule has 0 saturated carbocycles. The molecule has 2 aromatic carbocycles. The summed E-state index contributed by atoms with van der Waals surface area (Å²) >= 11 is 7.02. The third-order valence-corrected chi connectivity index (χ3v) is 9.96. The van der Waals surface area contributed by atoms with Crippen molar-refractivity contribution in [1.29, 1.82) is 0 Å². The number of amides is 1. The van der Waals surface area contributed by atoms with Gasteiger partial charge in [-0.25, -0.2) is 13.6 Å². The zero-order chi connectivity index (χ0) is 33.1. The van der Waals surface area contributed by atoms with Crippen LogP contribution in [0.5, 0.6) is 0 Å². The highest BCUT2D eigenvalue weighted by Crippen LogP contribution is 2.50. The van der Waals surface area contributed by atoms with E-state index >= 15 is 17.6 Å². The molecule has 0 unspecified atom stereocenters. The molecule has 1 fully saturated rings. The molecule has 4 aromatic rings. The fourth-order valence-corrected chi connectivity index (χ4v) is 8.01. The van der Waals surface area contributed by atoms with E-state index in [1.807, 2.05) is 6.07 Å². The van der Waals surface area contributed by atoms with E-state index in [1.54, 1.807) is 42.1 Å². The van der Waals surface area contributed by atoms with Crippen LogP contribution in [0.15, 0.2) is 65.1 Å². The van der Waals surface area contributed by atoms with E-state index in [2.05, 4.69) is 16.5 Å². The number of carbonyl (C=O) groups is 1. The molecule has 0 N–H and O–H groups in total. The first-order chi connectivity index (χ1) is 21.8. The molecule has 0 bridgehead atoms. The van der Waals surface area contributed by atoms with Gasteiger partial charge in [-0.1, -0.05) is 24.2 Å². The van der Waals surface area contributed by atoms with Gasteiger partial charge in [0.2, 0.25) is 5.91 Å². The largest absolute Gasteiger partial charge is 0.417 e. The Morgan fingerprint density at radius 2 is 1.83 bits per heavy atom. The second kappa shape index (κ2) is 12.0. The molecule has 7 nitrogen and oxygen atoms in total. The number of alkyl halides is 3. The van der Waals surface area contributed by atoms with Gasteiger partial charge in [-0.15, -0.1) is 11.8 Å². The number of carbonyl (C=O) groups excluding carboxylic acids is 1. The summed E-state index contributed by atoms with van der Waals surface area (Å²) in [6.07, 6.45) is -0.578. The third-order valence-electron chi connectivity index (χ3n) is 8.42. The summed E-state index contributed by atoms with van der Waals surface area (Å²) in [5, 5.41) is -0.507. The Kier molecular flexibility index (Phi) is 8.34. The van der Waals surface area contributed by atoms with Crippen molar-refractivity contribution in [3.05, 3.63) is 93.6 Å². The highest BCUT2D eigenvalue weighted by Gasteiger charge is 2.40. The number of piperazine rings is 1. The third kappa shape index (κ3) is 5.53. The van der Waals surface area contributed by atoms with Gasteiger partial charge in [0.05, 0.1) is 16.1 Å². The molecule has 1 amide bonds. The quantitative estimate of drug-likeness (QED) is 0.133. The first-order valence-corrected chi connectivity index (χ1v) is 15.7. The Bertz CT molecular complexity index is 1930. The number of halogens is 6. The molecule has 14 heteroatoms. The van der Waals surface area contributed by atoms with Crippen LogP contribution in [0.2, 0.25) is 5.02 Å². The highest BCUT2D eigenvalue weighted by molar-refractivity contribution is 7.99. The van der Waals surface area contributed by atoms with Crippen molar-refractivity contribution in [3.63, 3.8) is 0 Å². The van der Waals surface area contributed by atoms with E-state index in [-0.39, 0.29) is 70.9 Å². The van der Waals surface area contributed by atoms with E-state index < -0.39 is 45.2 Å². The van der Waals surface area contributed by atoms with Crippen LogP contribution in [0.3, 0.4) is 0 Å². The van der Waals surface area contributed by atoms with Crippen LogP contribution in [0, 0.1) is 11.6 Å². The van der Waals surface area contributed by atoms with E-state index in [9.17, 15) is 14.0 Å². The molecule has 2 aromatic heterocycles. The maximum absolute atomic E-state index is 15.4. The lowest BCUT2D eigenvalue weighted by Gasteiger charge is -2.44. The lowest BCUT2D eigenvalue weighted by atomic mass is 9.95. The molecule has 0 radical (unpaired) electrons. The van der Waals surface area contributed by atoms with Gasteiger partial charge in [-0.3, -0.25) is 14.3 Å². The van der Waals surface area contributed by atoms with Gasteiger partial charge in [0, 0.05) is 83.3 Å². The summed E-state index contributed by atoms with van der Waals surface area (Å²) in [7, 11) is 0. The van der Waals surface area contributed by atoms with Crippen LogP contribution in [0.4, 0.5) is 27.8 Å². The predicted molar refractivity (Wildman–Crippen MR) is 167 cm³/mol. The average Bonchev–Trinajstić information content (AvgIpc) is 3.21. The average molecular weight is 676 g/mol. The van der Waals surface area contributed by atoms with E-state index in [4.69, 9.17) is 11.6 Å². The Balaban J connectivity index is 1.66. The number of benzene rings is 2. The number of hydrogen-bond acceptors (Lipinski definition) is 6. The second-order valence-electron chi connectivity index (χ2n) is 11.4. The minimum absolute atomic E-state index is 0.000100. The summed E-state index contributed by atoms with van der Waals surface area (Å²) in [6.45, 7) is 7.58. The van der Waals surface area contributed by atoms with Gasteiger partial charge in [0.15, 0.2) is 0 Å². The number of pyridine rings is 1. The summed E-state index contributed by atoms with van der Waals surface area (Å²) in [6, 6.07) is 4.94. The van der Waals surface area contributed by atoms with Crippen molar-refractivity contribution >= 4 is 46.0 Å². The summed E-state index contributed by atoms with van der Waals surface area (Å²) in [5.41, 5.74) is -2.05. The first kappa shape index (κ1) is 32.0. The van der Waals surface area contributed by atoms with Crippen molar-refractivity contribution < 1.29 is 26.7 Å². The van der Waals surface area contributed by atoms with E-state index in [1.165, 1.54) is 10.6 Å². The molecule has 240 valence electrons. The normalized spacial score (nSPS) is 20.1. The van der Waals surface area contributed by atoms with Gasteiger partial charge in [-0.2, -0.15) is 18.2 Å². The summed E-state index contributed by atoms with van der Waals surface area (Å²) < 4.78 is 76.0. The maximum Gasteiger partial charge on any atom is 0.417 e. The van der Waals surface area contributed by atoms with Crippen molar-refractivity contribution in [2.24, 2.45) is 0 Å². The zero-order valence-electron chi connectivity index (χ0n) is 24.6. The van der Waals surface area contributed by atoms with E-state index in [0.29, 0.717) is 6.07 Å². The summed E-state index contributed by atoms with van der Waals surface area (Å²) in [5.74, 6) is -2.76. The highest BCUT2D eigenvalue weighted by atomic mass is 35.5. The predicted octanol–water partition coefficient (Wildman–Crippen LogP) is 6.91. The molecule has 0 spiro atoms. The van der Waals surface area contributed by atoms with Crippen molar-refractivity contribution in [1.82, 2.24) is 19.4 Å². The number of aromatic nitrogens is 3. The Morgan fingerprint density at radius 1 is 1.11 bits per heavy atom. The van der Waals surface area contributed by atoms with Crippen molar-refractivity contribution in [2.75, 3.05) is 23.7 Å². The monoisotopic (exact) mass is 675 g/mol. The van der Waals surface area contributed by atoms with Crippen LogP contribution >= 0.6 is 23.4 Å². The van der Waals surface area contributed by atoms with Gasteiger partial charge >= 0.3 is 11.9 Å². The van der Waals surface area contributed by atoms with Crippen molar-refractivity contribution in [3.8, 4) is 11.1 Å². The fourth-order valence-electron chi connectivity index (χ4n) is 6.46. The Hall–Kier alpha value is -3.97. The minimum atomic E-state index is -4.99. The number of hydrogen-bond donors (Lipinski definition) is 0. The van der Waals surface area contributed by atoms with Crippen LogP contribution in [0.25, 0.3) is 22.0 Å². The lowest BCUT2D eigenvalue weighted by molar-refractivity contribution is -0.137. The van der Waals surface area contributed by atoms with Crippen LogP contribution in [0.1, 0.15) is 30.9 Å². The number of anilines is 1. The summed E-state index contributed by atoms with van der Waals surface area (Å²) in [4.78, 5) is 38.3. The number of nitrogens with zero attached hydrogens (tertiary/aromatic N) is 5. The number of thioether (sulfide) groups is 1. The smallest absolute Gasteiger partial charge is 0.352 e. The standard InChI is InChI=1S/C32H27ClF5N5O2S/c1-4-26(44)43-16(2)12-41(13-17(43)3)30-21-8-22(32(36,37)38)27(20-9-23(33)25(35)10-24(20)34)29-28(21)42(31(45)40-30)14-19(15-46-29)18-6-5-7-39-11-18/h4-11,16-17,19H,1,12-15H2,2-3H3/t16-,17+,19-/m0/s1. The van der Waals surface area contributed by atoms with E-state index in [0.717, 1.165) is 29.5 Å². The molecule has 0 aliphatic carbocycles. The van der Waals surface area contributed by atoms with Gasteiger partial charge in [0.25, 0.3) is 0 Å². The molecular formula is C32H27ClF5N5O2S. The molecular weight excluding hydrogens is 649 g/mol. The molecule has 2 aliphatic heterocycles. The van der Waals surface area contributed by atoms with Crippen LogP contribution < -0.4 is 10.6 Å². The molecule has 46 heavy (non-hydrogen) atoms. The first-order valence-electron chi connectivity index (χ1n) is 14.4. The molecule has 2 aliphatic rings. The van der Waals surface area contributed by atoms with Gasteiger partial charge < -0.3 is 9.80 Å². The fraction of sp³-hybridized carbons (Fsp3) is 0.312. The molecule has 1 saturated heterocycles. The second-order valence-corrected chi connectivity index (χ2v) is 12.9. The van der Waals surface area contributed by atoms with Gasteiger partial charge in [-0.05, 0) is 43.7 Å². The van der Waals surface area contributed by atoms with Gasteiger partial charge in [0.1, 0.15) is 17.5 Å². The van der Waals surface area contributed by atoms with Crippen LogP contribution in [-0.2, 0) is 17.5 Å². The zero-order valence-corrected chi connectivity index (χ0v) is 26.2. The number of rotatable bonds is 4. The Morgan fingerprint density at radius 3 is 2.46 bits per heavy atom. The Labute approximate surface area is 269 Å².